The molecule has 1 amide bonds. The van der Waals surface area contributed by atoms with Gasteiger partial charge in [-0.25, -0.2) is 4.39 Å². The number of hydrogen-bond acceptors (Lipinski definition) is 3. The van der Waals surface area contributed by atoms with Gasteiger partial charge in [-0.3, -0.25) is 4.79 Å². The maximum Gasteiger partial charge on any atom is 0.257 e. The molecule has 0 aromatic heterocycles. The molecule has 1 aliphatic heterocycles. The van der Waals surface area contributed by atoms with Crippen molar-refractivity contribution < 1.29 is 18.7 Å². The molecule has 1 saturated heterocycles. The van der Waals surface area contributed by atoms with Crippen molar-refractivity contribution >= 4 is 5.91 Å². The summed E-state index contributed by atoms with van der Waals surface area (Å²) < 4.78 is 23.7. The predicted octanol–water partition coefficient (Wildman–Crippen LogP) is 1.31. The van der Waals surface area contributed by atoms with E-state index in [1.165, 1.54) is 25.3 Å². The Morgan fingerprint density at radius 2 is 2.12 bits per heavy atom. The Morgan fingerprint density at radius 1 is 1.41 bits per heavy atom. The summed E-state index contributed by atoms with van der Waals surface area (Å²) >= 11 is 0. The SMILES string of the molecule is COc1ccc(F)c(C(=O)N2CCOCC2)c1. The highest BCUT2D eigenvalue weighted by Crippen LogP contribution is 2.18. The van der Waals surface area contributed by atoms with Gasteiger partial charge in [-0.15, -0.1) is 0 Å². The zero-order valence-electron chi connectivity index (χ0n) is 9.61. The van der Waals surface area contributed by atoms with Gasteiger partial charge in [0.05, 0.1) is 25.9 Å². The van der Waals surface area contributed by atoms with Crippen LogP contribution in [0.15, 0.2) is 18.2 Å². The Hall–Kier alpha value is -1.62. The Morgan fingerprint density at radius 3 is 2.76 bits per heavy atom. The van der Waals surface area contributed by atoms with Crippen LogP contribution in [-0.4, -0.2) is 44.2 Å². The van der Waals surface area contributed by atoms with Crippen LogP contribution >= 0.6 is 0 Å². The molecule has 92 valence electrons. The van der Waals surface area contributed by atoms with E-state index in [-0.39, 0.29) is 11.5 Å². The minimum Gasteiger partial charge on any atom is -0.497 e. The maximum absolute atomic E-state index is 13.6. The zero-order valence-corrected chi connectivity index (χ0v) is 9.61. The van der Waals surface area contributed by atoms with Crippen LogP contribution in [-0.2, 0) is 4.74 Å². The van der Waals surface area contributed by atoms with Gasteiger partial charge in [0.1, 0.15) is 11.6 Å². The number of hydrogen-bond donors (Lipinski definition) is 0. The Kier molecular flexibility index (Phi) is 3.58. The summed E-state index contributed by atoms with van der Waals surface area (Å²) in [4.78, 5) is 13.6. The smallest absolute Gasteiger partial charge is 0.257 e. The molecule has 0 radical (unpaired) electrons. The van der Waals surface area contributed by atoms with Crippen molar-refractivity contribution in [3.05, 3.63) is 29.6 Å². The standard InChI is InChI=1S/C12H14FNO3/c1-16-9-2-3-11(13)10(8-9)12(15)14-4-6-17-7-5-14/h2-3,8H,4-7H2,1H3. The second-order valence-corrected chi connectivity index (χ2v) is 3.75. The summed E-state index contributed by atoms with van der Waals surface area (Å²) in [5.74, 6) is -0.366. The minimum absolute atomic E-state index is 0.0475. The lowest BCUT2D eigenvalue weighted by Gasteiger charge is -2.27. The van der Waals surface area contributed by atoms with Crippen LogP contribution in [0, 0.1) is 5.82 Å². The van der Waals surface area contributed by atoms with E-state index < -0.39 is 5.82 Å². The first kappa shape index (κ1) is 11.9. The second-order valence-electron chi connectivity index (χ2n) is 3.75. The molecule has 1 heterocycles. The molecule has 0 spiro atoms. The fourth-order valence-electron chi connectivity index (χ4n) is 1.73. The van der Waals surface area contributed by atoms with Crippen LogP contribution in [0.4, 0.5) is 4.39 Å². The number of carbonyl (C=O) groups is 1. The lowest BCUT2D eigenvalue weighted by Crippen LogP contribution is -2.41. The van der Waals surface area contributed by atoms with Crippen molar-refractivity contribution in [2.75, 3.05) is 33.4 Å². The molecule has 2 rings (SSSR count). The van der Waals surface area contributed by atoms with Gasteiger partial charge in [0.25, 0.3) is 5.91 Å². The van der Waals surface area contributed by atoms with E-state index in [0.29, 0.717) is 32.1 Å². The number of ether oxygens (including phenoxy) is 2. The Bertz CT molecular complexity index is 416. The van der Waals surface area contributed by atoms with E-state index in [1.54, 1.807) is 4.90 Å². The molecule has 0 bridgehead atoms. The molecular weight excluding hydrogens is 225 g/mol. The van der Waals surface area contributed by atoms with Gasteiger partial charge >= 0.3 is 0 Å². The van der Waals surface area contributed by atoms with E-state index in [0.717, 1.165) is 0 Å². The summed E-state index contributed by atoms with van der Waals surface area (Å²) in [6.45, 7) is 1.99. The number of morpholine rings is 1. The lowest BCUT2D eigenvalue weighted by atomic mass is 10.1. The molecule has 17 heavy (non-hydrogen) atoms. The number of halogens is 1. The third kappa shape index (κ3) is 2.55. The van der Waals surface area contributed by atoms with E-state index in [1.807, 2.05) is 0 Å². The molecule has 0 aliphatic carbocycles. The first-order valence-electron chi connectivity index (χ1n) is 5.43. The molecule has 1 aromatic rings. The lowest BCUT2D eigenvalue weighted by molar-refractivity contribution is 0.0299. The number of carbonyl (C=O) groups excluding carboxylic acids is 1. The molecular formula is C12H14FNO3. The molecule has 1 aromatic carbocycles. The molecule has 0 atom stereocenters. The summed E-state index contributed by atoms with van der Waals surface area (Å²) in [7, 11) is 1.48. The molecule has 5 heteroatoms. The highest BCUT2D eigenvalue weighted by atomic mass is 19.1. The number of amides is 1. The molecule has 0 saturated carbocycles. The van der Waals surface area contributed by atoms with Crippen LogP contribution < -0.4 is 4.74 Å². The van der Waals surface area contributed by atoms with Crippen LogP contribution in [0.25, 0.3) is 0 Å². The quantitative estimate of drug-likeness (QED) is 0.781. The average molecular weight is 239 g/mol. The largest absolute Gasteiger partial charge is 0.497 e. The normalized spacial score (nSPS) is 15.8. The number of benzene rings is 1. The fraction of sp³-hybridized carbons (Fsp3) is 0.417. The Balaban J connectivity index is 2.22. The van der Waals surface area contributed by atoms with Crippen LogP contribution in [0.3, 0.4) is 0 Å². The fourth-order valence-corrected chi connectivity index (χ4v) is 1.73. The van der Waals surface area contributed by atoms with Crippen molar-refractivity contribution in [2.45, 2.75) is 0 Å². The van der Waals surface area contributed by atoms with Crippen molar-refractivity contribution in [2.24, 2.45) is 0 Å². The van der Waals surface area contributed by atoms with E-state index in [4.69, 9.17) is 9.47 Å². The van der Waals surface area contributed by atoms with E-state index in [2.05, 4.69) is 0 Å². The highest BCUT2D eigenvalue weighted by molar-refractivity contribution is 5.95. The number of methoxy groups -OCH3 is 1. The Labute approximate surface area is 98.9 Å². The summed E-state index contributed by atoms with van der Waals surface area (Å²) in [5.41, 5.74) is 0.0475. The van der Waals surface area contributed by atoms with Gasteiger partial charge in [0, 0.05) is 13.1 Å². The first-order valence-corrected chi connectivity index (χ1v) is 5.43. The van der Waals surface area contributed by atoms with Gasteiger partial charge in [-0.05, 0) is 18.2 Å². The predicted molar refractivity (Wildman–Crippen MR) is 59.7 cm³/mol. The molecule has 0 N–H and O–H groups in total. The molecule has 1 aliphatic rings. The van der Waals surface area contributed by atoms with Gasteiger partial charge in [0.2, 0.25) is 0 Å². The van der Waals surface area contributed by atoms with Crippen molar-refractivity contribution in [1.29, 1.82) is 0 Å². The molecule has 4 nitrogen and oxygen atoms in total. The minimum atomic E-state index is -0.526. The van der Waals surface area contributed by atoms with Crippen molar-refractivity contribution in [3.8, 4) is 5.75 Å². The van der Waals surface area contributed by atoms with E-state index >= 15 is 0 Å². The van der Waals surface area contributed by atoms with Gasteiger partial charge < -0.3 is 14.4 Å². The number of rotatable bonds is 2. The van der Waals surface area contributed by atoms with Crippen molar-refractivity contribution in [3.63, 3.8) is 0 Å². The molecule has 0 unspecified atom stereocenters. The molecule has 1 fully saturated rings. The van der Waals surface area contributed by atoms with Gasteiger partial charge in [-0.2, -0.15) is 0 Å². The van der Waals surface area contributed by atoms with Crippen molar-refractivity contribution in [1.82, 2.24) is 4.90 Å². The maximum atomic E-state index is 13.6. The monoisotopic (exact) mass is 239 g/mol. The summed E-state index contributed by atoms with van der Waals surface area (Å²) in [5, 5.41) is 0. The first-order chi connectivity index (χ1) is 8.22. The van der Waals surface area contributed by atoms with Crippen LogP contribution in [0.5, 0.6) is 5.75 Å². The second kappa shape index (κ2) is 5.14. The van der Waals surface area contributed by atoms with Gasteiger partial charge in [0.15, 0.2) is 0 Å². The van der Waals surface area contributed by atoms with Crippen LogP contribution in [0.2, 0.25) is 0 Å². The van der Waals surface area contributed by atoms with E-state index in [9.17, 15) is 9.18 Å². The third-order valence-electron chi connectivity index (χ3n) is 2.70. The summed E-state index contributed by atoms with van der Waals surface area (Å²) in [6, 6.07) is 4.16. The topological polar surface area (TPSA) is 38.8 Å². The van der Waals surface area contributed by atoms with Gasteiger partial charge in [-0.1, -0.05) is 0 Å². The highest BCUT2D eigenvalue weighted by Gasteiger charge is 2.21. The average Bonchev–Trinajstić information content (AvgIpc) is 2.39. The summed E-state index contributed by atoms with van der Waals surface area (Å²) in [6.07, 6.45) is 0. The zero-order chi connectivity index (χ0) is 12.3. The number of nitrogens with zero attached hydrogens (tertiary/aromatic N) is 1. The van der Waals surface area contributed by atoms with Crippen LogP contribution in [0.1, 0.15) is 10.4 Å². The third-order valence-corrected chi connectivity index (χ3v) is 2.70.